The maximum atomic E-state index is 12.5. The van der Waals surface area contributed by atoms with E-state index in [0.717, 1.165) is 9.65 Å². The third-order valence-electron chi connectivity index (χ3n) is 3.55. The molecule has 9 heteroatoms. The molecule has 25 heavy (non-hydrogen) atoms. The third kappa shape index (κ3) is 3.61. The predicted molar refractivity (Wildman–Crippen MR) is 90.4 cm³/mol. The molecular weight excluding hydrogens is 342 g/mol. The smallest absolute Gasteiger partial charge is 0.282 e. The van der Waals surface area contributed by atoms with E-state index in [4.69, 9.17) is 0 Å². The van der Waals surface area contributed by atoms with Gasteiger partial charge in [0.25, 0.3) is 15.9 Å². The Balaban J connectivity index is 1.75. The van der Waals surface area contributed by atoms with Crippen LogP contribution >= 0.6 is 0 Å². The minimum Gasteiger partial charge on any atom is -0.345 e. The highest BCUT2D eigenvalue weighted by Gasteiger charge is 2.20. The average molecular weight is 359 g/mol. The van der Waals surface area contributed by atoms with Crippen molar-refractivity contribution < 1.29 is 13.2 Å². The summed E-state index contributed by atoms with van der Waals surface area (Å²) in [5.41, 5.74) is 1.67. The molecule has 0 bridgehead atoms. The van der Waals surface area contributed by atoms with Gasteiger partial charge >= 0.3 is 0 Å². The van der Waals surface area contributed by atoms with E-state index in [1.165, 1.54) is 24.4 Å². The van der Waals surface area contributed by atoms with Crippen LogP contribution in [0.4, 0.5) is 0 Å². The van der Waals surface area contributed by atoms with Crippen LogP contribution in [0.2, 0.25) is 0 Å². The number of benzene rings is 1. The number of aromatic nitrogens is 4. The Bertz CT molecular complexity index is 1000. The molecule has 0 saturated heterocycles. The Morgan fingerprint density at radius 1 is 1.20 bits per heavy atom. The molecule has 0 spiro atoms. The second kappa shape index (κ2) is 6.52. The Hall–Kier alpha value is -2.94. The summed E-state index contributed by atoms with van der Waals surface area (Å²) >= 11 is 0. The van der Waals surface area contributed by atoms with Gasteiger partial charge in [0.15, 0.2) is 5.69 Å². The fraction of sp³-hybridized carbons (Fsp3) is 0.188. The molecule has 0 aliphatic rings. The number of amides is 1. The summed E-state index contributed by atoms with van der Waals surface area (Å²) in [6.07, 6.45) is 4.66. The average Bonchev–Trinajstić information content (AvgIpc) is 3.22. The van der Waals surface area contributed by atoms with Gasteiger partial charge in [0.1, 0.15) is 0 Å². The Morgan fingerprint density at radius 3 is 2.56 bits per heavy atom. The molecule has 1 N–H and O–H groups in total. The number of rotatable bonds is 5. The number of imidazole rings is 1. The molecular formula is C16H17N5O3S. The molecule has 2 aromatic heterocycles. The minimum absolute atomic E-state index is 0.0200. The van der Waals surface area contributed by atoms with Crippen LogP contribution in [0.25, 0.3) is 0 Å². The van der Waals surface area contributed by atoms with Crippen molar-refractivity contribution in [2.75, 3.05) is 0 Å². The molecule has 1 aromatic carbocycles. The molecule has 1 amide bonds. The van der Waals surface area contributed by atoms with E-state index < -0.39 is 15.9 Å². The summed E-state index contributed by atoms with van der Waals surface area (Å²) in [7, 11) is -1.99. The largest absolute Gasteiger partial charge is 0.345 e. The summed E-state index contributed by atoms with van der Waals surface area (Å²) in [6, 6.07) is 7.79. The maximum Gasteiger partial charge on any atom is 0.282 e. The standard InChI is InChI=1S/C16H17N5O3S/c1-12-3-5-14(6-4-12)25(23,24)21-8-7-15(19-21)16(22)17-9-13-10-20(2)11-18-13/h3-8,10-11H,9H2,1-2H3,(H,17,22). The minimum atomic E-state index is -3.82. The lowest BCUT2D eigenvalue weighted by atomic mass is 10.2. The van der Waals surface area contributed by atoms with Gasteiger partial charge in [-0.3, -0.25) is 4.79 Å². The lowest BCUT2D eigenvalue weighted by Crippen LogP contribution is -2.24. The Kier molecular flexibility index (Phi) is 4.41. The highest BCUT2D eigenvalue weighted by molar-refractivity contribution is 7.89. The number of carbonyl (C=O) groups is 1. The highest BCUT2D eigenvalue weighted by atomic mass is 32.2. The van der Waals surface area contributed by atoms with E-state index in [1.54, 1.807) is 29.2 Å². The summed E-state index contributed by atoms with van der Waals surface area (Å²) in [5.74, 6) is -0.469. The van der Waals surface area contributed by atoms with E-state index in [9.17, 15) is 13.2 Å². The van der Waals surface area contributed by atoms with Gasteiger partial charge in [-0.05, 0) is 25.1 Å². The predicted octanol–water partition coefficient (Wildman–Crippen LogP) is 1.09. The van der Waals surface area contributed by atoms with E-state index in [1.807, 2.05) is 14.0 Å². The first-order valence-electron chi connectivity index (χ1n) is 7.49. The molecule has 8 nitrogen and oxygen atoms in total. The van der Waals surface area contributed by atoms with Crippen LogP contribution < -0.4 is 5.32 Å². The van der Waals surface area contributed by atoms with Crippen LogP contribution in [-0.2, 0) is 23.6 Å². The first kappa shape index (κ1) is 16.9. The fourth-order valence-corrected chi connectivity index (χ4v) is 3.31. The van der Waals surface area contributed by atoms with Crippen LogP contribution in [0.1, 0.15) is 21.7 Å². The van der Waals surface area contributed by atoms with Gasteiger partial charge in [0.2, 0.25) is 0 Å². The van der Waals surface area contributed by atoms with Crippen molar-refractivity contribution in [2.45, 2.75) is 18.4 Å². The van der Waals surface area contributed by atoms with Crippen LogP contribution in [-0.4, -0.2) is 33.1 Å². The van der Waals surface area contributed by atoms with Crippen molar-refractivity contribution >= 4 is 15.9 Å². The normalized spacial score (nSPS) is 11.4. The number of aryl methyl sites for hydroxylation is 2. The van der Waals surface area contributed by atoms with E-state index in [0.29, 0.717) is 5.69 Å². The van der Waals surface area contributed by atoms with Crippen LogP contribution in [0.3, 0.4) is 0 Å². The topological polar surface area (TPSA) is 98.9 Å². The van der Waals surface area contributed by atoms with Gasteiger partial charge in [-0.2, -0.15) is 17.6 Å². The molecule has 2 heterocycles. The fourth-order valence-electron chi connectivity index (χ4n) is 2.20. The van der Waals surface area contributed by atoms with Crippen molar-refractivity contribution in [1.29, 1.82) is 0 Å². The molecule has 0 atom stereocenters. The molecule has 3 aromatic rings. The lowest BCUT2D eigenvalue weighted by molar-refractivity contribution is 0.0945. The molecule has 3 rings (SSSR count). The van der Waals surface area contributed by atoms with Crippen LogP contribution in [0.15, 0.2) is 53.9 Å². The number of nitrogens with one attached hydrogen (secondary N) is 1. The second-order valence-corrected chi connectivity index (χ2v) is 7.40. The molecule has 0 unspecified atom stereocenters. The van der Waals surface area contributed by atoms with Gasteiger partial charge in [-0.1, -0.05) is 17.7 Å². The van der Waals surface area contributed by atoms with Crippen LogP contribution in [0.5, 0.6) is 0 Å². The van der Waals surface area contributed by atoms with Crippen molar-refractivity contribution in [3.63, 3.8) is 0 Å². The van der Waals surface area contributed by atoms with Gasteiger partial charge in [0.05, 0.1) is 23.5 Å². The maximum absolute atomic E-state index is 12.5. The molecule has 130 valence electrons. The zero-order chi connectivity index (χ0) is 18.0. The van der Waals surface area contributed by atoms with Crippen molar-refractivity contribution in [1.82, 2.24) is 24.1 Å². The van der Waals surface area contributed by atoms with Crippen molar-refractivity contribution in [2.24, 2.45) is 7.05 Å². The molecule has 0 radical (unpaired) electrons. The summed E-state index contributed by atoms with van der Waals surface area (Å²) in [5, 5.41) is 6.54. The lowest BCUT2D eigenvalue weighted by Gasteiger charge is -2.04. The number of nitrogens with zero attached hydrogens (tertiary/aromatic N) is 4. The molecule has 0 aliphatic heterocycles. The Morgan fingerprint density at radius 2 is 1.92 bits per heavy atom. The van der Waals surface area contributed by atoms with Gasteiger partial charge in [-0.15, -0.1) is 0 Å². The number of carbonyl (C=O) groups excluding carboxylic acids is 1. The first-order valence-corrected chi connectivity index (χ1v) is 8.93. The van der Waals surface area contributed by atoms with Gasteiger partial charge < -0.3 is 9.88 Å². The number of hydrogen-bond acceptors (Lipinski definition) is 5. The molecule has 0 fully saturated rings. The van der Waals surface area contributed by atoms with Crippen LogP contribution in [0, 0.1) is 6.92 Å². The molecule has 0 aliphatic carbocycles. The van der Waals surface area contributed by atoms with E-state index >= 15 is 0 Å². The monoisotopic (exact) mass is 359 g/mol. The van der Waals surface area contributed by atoms with Gasteiger partial charge in [-0.25, -0.2) is 4.98 Å². The SMILES string of the molecule is Cc1ccc(S(=O)(=O)n2ccc(C(=O)NCc3cn(C)cn3)n2)cc1. The summed E-state index contributed by atoms with van der Waals surface area (Å²) < 4.78 is 27.6. The zero-order valence-corrected chi connectivity index (χ0v) is 14.6. The Labute approximate surface area is 145 Å². The third-order valence-corrected chi connectivity index (χ3v) is 5.12. The quantitative estimate of drug-likeness (QED) is 0.735. The first-order chi connectivity index (χ1) is 11.9. The number of hydrogen-bond donors (Lipinski definition) is 1. The van der Waals surface area contributed by atoms with E-state index in [2.05, 4.69) is 15.4 Å². The van der Waals surface area contributed by atoms with Gasteiger partial charge in [0, 0.05) is 19.4 Å². The van der Waals surface area contributed by atoms with Crippen molar-refractivity contribution in [3.8, 4) is 0 Å². The summed E-state index contributed by atoms with van der Waals surface area (Å²) in [6.45, 7) is 2.10. The summed E-state index contributed by atoms with van der Waals surface area (Å²) in [4.78, 5) is 16.3. The second-order valence-electron chi connectivity index (χ2n) is 5.60. The van der Waals surface area contributed by atoms with E-state index in [-0.39, 0.29) is 17.1 Å². The zero-order valence-electron chi connectivity index (χ0n) is 13.7. The van der Waals surface area contributed by atoms with Crippen molar-refractivity contribution in [3.05, 3.63) is 66.0 Å². The molecule has 0 saturated carbocycles. The highest BCUT2D eigenvalue weighted by Crippen LogP contribution is 2.14.